The first-order valence-electron chi connectivity index (χ1n) is 6.41. The summed E-state index contributed by atoms with van der Waals surface area (Å²) >= 11 is 0. The van der Waals surface area contributed by atoms with E-state index in [-0.39, 0.29) is 18.1 Å². The van der Waals surface area contributed by atoms with Crippen molar-refractivity contribution in [3.8, 4) is 5.75 Å². The Morgan fingerprint density at radius 2 is 2.25 bits per heavy atom. The van der Waals surface area contributed by atoms with E-state index in [9.17, 15) is 9.18 Å². The van der Waals surface area contributed by atoms with E-state index in [0.29, 0.717) is 11.4 Å². The molecule has 0 aliphatic carbocycles. The molecule has 0 unspecified atom stereocenters. The van der Waals surface area contributed by atoms with Crippen molar-refractivity contribution in [2.75, 3.05) is 0 Å². The van der Waals surface area contributed by atoms with E-state index >= 15 is 0 Å². The fourth-order valence-corrected chi connectivity index (χ4v) is 1.85. The van der Waals surface area contributed by atoms with Gasteiger partial charge in [0.25, 0.3) is 0 Å². The zero-order chi connectivity index (χ0) is 14.5. The highest BCUT2D eigenvalue weighted by Gasteiger charge is 2.11. The Kier molecular flexibility index (Phi) is 4.45. The van der Waals surface area contributed by atoms with Gasteiger partial charge in [0.15, 0.2) is 11.6 Å². The number of Topliss-reactive ketones (excluding diaryl/α,β-unsaturated/α-hetero) is 1. The molecule has 5 nitrogen and oxygen atoms in total. The molecule has 2 rings (SSSR count). The van der Waals surface area contributed by atoms with Crippen molar-refractivity contribution in [2.45, 2.75) is 33.4 Å². The topological polar surface area (TPSA) is 57.0 Å². The van der Waals surface area contributed by atoms with Crippen molar-refractivity contribution >= 4 is 5.78 Å². The van der Waals surface area contributed by atoms with Crippen LogP contribution in [0.4, 0.5) is 4.39 Å². The number of carbonyl (C=O) groups excluding carboxylic acids is 1. The lowest BCUT2D eigenvalue weighted by Crippen LogP contribution is -2.10. The summed E-state index contributed by atoms with van der Waals surface area (Å²) < 4.78 is 20.5. The van der Waals surface area contributed by atoms with Crippen LogP contribution >= 0.6 is 0 Å². The molecule has 6 heteroatoms. The van der Waals surface area contributed by atoms with E-state index in [4.69, 9.17) is 4.74 Å². The minimum atomic E-state index is -0.444. The average molecular weight is 277 g/mol. The summed E-state index contributed by atoms with van der Waals surface area (Å²) in [6.07, 6.45) is 2.38. The minimum Gasteiger partial charge on any atom is -0.485 e. The van der Waals surface area contributed by atoms with Crippen LogP contribution in [0.5, 0.6) is 5.75 Å². The van der Waals surface area contributed by atoms with Gasteiger partial charge in [0.1, 0.15) is 24.5 Å². The minimum absolute atomic E-state index is 0.143. The first kappa shape index (κ1) is 14.2. The predicted molar refractivity (Wildman–Crippen MR) is 71.0 cm³/mol. The predicted octanol–water partition coefficient (Wildman–Crippen LogP) is 2.61. The molecule has 0 aliphatic heterocycles. The van der Waals surface area contributed by atoms with E-state index < -0.39 is 5.82 Å². The molecule has 0 bridgehead atoms. The van der Waals surface area contributed by atoms with Crippen molar-refractivity contribution in [3.63, 3.8) is 0 Å². The van der Waals surface area contributed by atoms with Gasteiger partial charge in [-0.3, -0.25) is 4.79 Å². The second kappa shape index (κ2) is 6.27. The normalized spacial score (nSPS) is 10.6. The van der Waals surface area contributed by atoms with Crippen molar-refractivity contribution in [2.24, 2.45) is 0 Å². The van der Waals surface area contributed by atoms with Gasteiger partial charge >= 0.3 is 0 Å². The van der Waals surface area contributed by atoms with Crippen molar-refractivity contribution in [3.05, 3.63) is 41.7 Å². The second-order valence-corrected chi connectivity index (χ2v) is 4.38. The smallest absolute Gasteiger partial charge is 0.164 e. The van der Waals surface area contributed by atoms with Gasteiger partial charge in [-0.15, -0.1) is 0 Å². The van der Waals surface area contributed by atoms with Crippen LogP contribution in [0, 0.1) is 5.82 Å². The largest absolute Gasteiger partial charge is 0.485 e. The van der Waals surface area contributed by atoms with E-state index in [2.05, 4.69) is 10.1 Å². The molecule has 1 aromatic carbocycles. The van der Waals surface area contributed by atoms with Crippen LogP contribution in [0.3, 0.4) is 0 Å². The molecule has 0 amide bonds. The molecule has 0 fully saturated rings. The molecule has 0 spiro atoms. The Hall–Kier alpha value is -2.24. The molecule has 0 radical (unpaired) electrons. The maximum atomic E-state index is 13.3. The molecule has 1 aromatic heterocycles. The molecular formula is C14H16FN3O2. The van der Waals surface area contributed by atoms with E-state index in [1.807, 2.05) is 6.92 Å². The molecule has 0 aliphatic rings. The summed E-state index contributed by atoms with van der Waals surface area (Å²) in [5, 5.41) is 4.08. The number of halogens is 1. The number of hydrogen-bond acceptors (Lipinski definition) is 4. The molecule has 0 saturated heterocycles. The van der Waals surface area contributed by atoms with Crippen molar-refractivity contribution < 1.29 is 13.9 Å². The van der Waals surface area contributed by atoms with Crippen LogP contribution in [0.15, 0.2) is 24.5 Å². The number of ether oxygens (including phenoxy) is 1. The Balaban J connectivity index is 2.16. The lowest BCUT2D eigenvalue weighted by molar-refractivity contribution is 0.101. The zero-order valence-corrected chi connectivity index (χ0v) is 11.5. The van der Waals surface area contributed by atoms with Gasteiger partial charge in [0.05, 0.1) is 5.56 Å². The third-order valence-corrected chi connectivity index (χ3v) is 2.81. The van der Waals surface area contributed by atoms with Gasteiger partial charge in [0.2, 0.25) is 0 Å². The first-order valence-corrected chi connectivity index (χ1v) is 6.41. The molecule has 106 valence electrons. The lowest BCUT2D eigenvalue weighted by atomic mass is 10.1. The quantitative estimate of drug-likeness (QED) is 0.762. The number of carbonyl (C=O) groups is 1. The number of nitrogens with zero attached hydrogens (tertiary/aromatic N) is 3. The highest BCUT2D eigenvalue weighted by Crippen LogP contribution is 2.21. The summed E-state index contributed by atoms with van der Waals surface area (Å²) in [7, 11) is 0. The number of benzene rings is 1. The summed E-state index contributed by atoms with van der Waals surface area (Å²) in [5.74, 6) is 0.254. The van der Waals surface area contributed by atoms with Crippen molar-refractivity contribution in [1.29, 1.82) is 0 Å². The number of ketones is 1. The SMILES string of the molecule is CCCn1ncnc1COc1cc(F)ccc1C(C)=O. The molecule has 0 N–H and O–H groups in total. The Morgan fingerprint density at radius 3 is 2.95 bits per heavy atom. The summed E-state index contributed by atoms with van der Waals surface area (Å²) in [4.78, 5) is 15.6. The lowest BCUT2D eigenvalue weighted by Gasteiger charge is -2.10. The maximum Gasteiger partial charge on any atom is 0.164 e. The molecule has 0 atom stereocenters. The van der Waals surface area contributed by atoms with Crippen LogP contribution < -0.4 is 4.74 Å². The maximum absolute atomic E-state index is 13.3. The second-order valence-electron chi connectivity index (χ2n) is 4.38. The summed E-state index contributed by atoms with van der Waals surface area (Å²) in [6.45, 7) is 4.33. The van der Waals surface area contributed by atoms with Crippen molar-refractivity contribution in [1.82, 2.24) is 14.8 Å². The average Bonchev–Trinajstić information content (AvgIpc) is 2.84. The zero-order valence-electron chi connectivity index (χ0n) is 11.5. The molecule has 0 saturated carbocycles. The van der Waals surface area contributed by atoms with Gasteiger partial charge in [0, 0.05) is 12.6 Å². The molecular weight excluding hydrogens is 261 g/mol. The molecule has 2 aromatic rings. The summed E-state index contributed by atoms with van der Waals surface area (Å²) in [6, 6.07) is 3.87. The van der Waals surface area contributed by atoms with Crippen LogP contribution in [0.25, 0.3) is 0 Å². The fourth-order valence-electron chi connectivity index (χ4n) is 1.85. The van der Waals surface area contributed by atoms with Gasteiger partial charge in [-0.05, 0) is 25.5 Å². The van der Waals surface area contributed by atoms with Gasteiger partial charge in [-0.25, -0.2) is 14.1 Å². The number of rotatable bonds is 6. The fraction of sp³-hybridized carbons (Fsp3) is 0.357. The van der Waals surface area contributed by atoms with Crippen LogP contribution in [-0.4, -0.2) is 20.5 Å². The third kappa shape index (κ3) is 3.20. The Morgan fingerprint density at radius 1 is 1.45 bits per heavy atom. The van der Waals surface area contributed by atoms with Crippen LogP contribution in [0.1, 0.15) is 36.5 Å². The van der Waals surface area contributed by atoms with Gasteiger partial charge in [-0.2, -0.15) is 5.10 Å². The first-order chi connectivity index (χ1) is 9.61. The van der Waals surface area contributed by atoms with Crippen LogP contribution in [-0.2, 0) is 13.2 Å². The number of aromatic nitrogens is 3. The number of hydrogen-bond donors (Lipinski definition) is 0. The Bertz CT molecular complexity index is 610. The highest BCUT2D eigenvalue weighted by molar-refractivity contribution is 5.96. The van der Waals surface area contributed by atoms with Gasteiger partial charge in [-0.1, -0.05) is 6.92 Å². The van der Waals surface area contributed by atoms with E-state index in [1.54, 1.807) is 4.68 Å². The molecule has 20 heavy (non-hydrogen) atoms. The van der Waals surface area contributed by atoms with E-state index in [0.717, 1.165) is 13.0 Å². The van der Waals surface area contributed by atoms with E-state index in [1.165, 1.54) is 31.5 Å². The molecule has 1 heterocycles. The summed E-state index contributed by atoms with van der Waals surface area (Å²) in [5.41, 5.74) is 0.355. The highest BCUT2D eigenvalue weighted by atomic mass is 19.1. The van der Waals surface area contributed by atoms with Crippen LogP contribution in [0.2, 0.25) is 0 Å². The monoisotopic (exact) mass is 277 g/mol. The van der Waals surface area contributed by atoms with Gasteiger partial charge < -0.3 is 4.74 Å². The Labute approximate surface area is 116 Å². The number of aryl methyl sites for hydroxylation is 1. The third-order valence-electron chi connectivity index (χ3n) is 2.81. The standard InChI is InChI=1S/C14H16FN3O2/c1-3-6-18-14(16-9-17-18)8-20-13-7-11(15)4-5-12(13)10(2)19/h4-5,7,9H,3,6,8H2,1-2H3.